The first-order chi connectivity index (χ1) is 9.99. The fourth-order valence-corrected chi connectivity index (χ4v) is 4.33. The average Bonchev–Trinajstić information content (AvgIpc) is 2.43. The molecule has 1 aromatic rings. The first-order valence-electron chi connectivity index (χ1n) is 7.42. The van der Waals surface area contributed by atoms with Gasteiger partial charge >= 0.3 is 0 Å². The van der Waals surface area contributed by atoms with E-state index in [1.165, 1.54) is 11.4 Å². The summed E-state index contributed by atoms with van der Waals surface area (Å²) in [6, 6.07) is 4.02. The van der Waals surface area contributed by atoms with Gasteiger partial charge in [-0.15, -0.1) is 0 Å². The normalized spacial score (nSPS) is 22.1. The molecule has 2 rings (SSSR count). The number of amides is 1. The van der Waals surface area contributed by atoms with Gasteiger partial charge in [0.25, 0.3) is 5.91 Å². The Morgan fingerprint density at radius 2 is 1.67 bits per heavy atom. The van der Waals surface area contributed by atoms with E-state index in [0.29, 0.717) is 6.54 Å². The number of likely N-dealkylation sites (N-methyl/N-ethyl adjacent to an activating group) is 1. The SMILES string of the molecule is CC[NH+]1CC[NH+](CC(=O)Nc2c(Br)cc(C)cc2Br)CC1. The van der Waals surface area contributed by atoms with Crippen molar-refractivity contribution in [2.45, 2.75) is 13.8 Å². The lowest BCUT2D eigenvalue weighted by Gasteiger charge is -2.28. The molecule has 1 aromatic carbocycles. The molecule has 21 heavy (non-hydrogen) atoms. The van der Waals surface area contributed by atoms with Crippen LogP contribution in [0, 0.1) is 6.92 Å². The van der Waals surface area contributed by atoms with E-state index in [-0.39, 0.29) is 5.91 Å². The van der Waals surface area contributed by atoms with Crippen LogP contribution in [-0.4, -0.2) is 45.2 Å². The first-order valence-corrected chi connectivity index (χ1v) is 9.00. The van der Waals surface area contributed by atoms with Crippen molar-refractivity contribution >= 4 is 43.5 Å². The minimum Gasteiger partial charge on any atom is -0.326 e. The van der Waals surface area contributed by atoms with Gasteiger partial charge in [-0.05, 0) is 63.4 Å². The smallest absolute Gasteiger partial charge is 0.279 e. The third-order valence-corrected chi connectivity index (χ3v) is 5.28. The second-order valence-electron chi connectivity index (χ2n) is 5.68. The number of nitrogens with one attached hydrogen (secondary N) is 3. The number of carbonyl (C=O) groups excluding carboxylic acids is 1. The quantitative estimate of drug-likeness (QED) is 0.642. The number of anilines is 1. The summed E-state index contributed by atoms with van der Waals surface area (Å²) in [5.74, 6) is 0.0789. The number of aryl methyl sites for hydroxylation is 1. The highest BCUT2D eigenvalue weighted by Crippen LogP contribution is 2.32. The lowest BCUT2D eigenvalue weighted by molar-refractivity contribution is -1.01. The van der Waals surface area contributed by atoms with Gasteiger partial charge in [0, 0.05) is 8.95 Å². The van der Waals surface area contributed by atoms with E-state index in [2.05, 4.69) is 44.1 Å². The zero-order valence-corrected chi connectivity index (χ0v) is 15.7. The zero-order chi connectivity index (χ0) is 15.4. The van der Waals surface area contributed by atoms with E-state index in [0.717, 1.165) is 46.4 Å². The molecule has 0 unspecified atom stereocenters. The molecule has 1 heterocycles. The topological polar surface area (TPSA) is 38.0 Å². The van der Waals surface area contributed by atoms with Crippen molar-refractivity contribution in [3.8, 4) is 0 Å². The van der Waals surface area contributed by atoms with Crippen molar-refractivity contribution in [1.82, 2.24) is 0 Å². The third kappa shape index (κ3) is 4.77. The largest absolute Gasteiger partial charge is 0.326 e. The van der Waals surface area contributed by atoms with Gasteiger partial charge in [0.1, 0.15) is 26.2 Å². The van der Waals surface area contributed by atoms with Crippen LogP contribution in [0.2, 0.25) is 0 Å². The molecule has 0 aromatic heterocycles. The predicted molar refractivity (Wildman–Crippen MR) is 92.0 cm³/mol. The third-order valence-electron chi connectivity index (χ3n) is 4.03. The van der Waals surface area contributed by atoms with Gasteiger partial charge in [0.05, 0.1) is 12.2 Å². The molecule has 0 bridgehead atoms. The van der Waals surface area contributed by atoms with Crippen molar-refractivity contribution < 1.29 is 14.6 Å². The van der Waals surface area contributed by atoms with E-state index >= 15 is 0 Å². The summed E-state index contributed by atoms with van der Waals surface area (Å²) in [5.41, 5.74) is 1.97. The van der Waals surface area contributed by atoms with Crippen LogP contribution in [-0.2, 0) is 4.79 Å². The van der Waals surface area contributed by atoms with Gasteiger partial charge in [-0.3, -0.25) is 4.79 Å². The van der Waals surface area contributed by atoms with E-state index < -0.39 is 0 Å². The van der Waals surface area contributed by atoms with Crippen LogP contribution >= 0.6 is 31.9 Å². The van der Waals surface area contributed by atoms with Crippen LogP contribution in [0.3, 0.4) is 0 Å². The van der Waals surface area contributed by atoms with Crippen LogP contribution in [0.1, 0.15) is 12.5 Å². The van der Waals surface area contributed by atoms with Crippen LogP contribution in [0.25, 0.3) is 0 Å². The molecule has 0 atom stereocenters. The van der Waals surface area contributed by atoms with E-state index in [9.17, 15) is 4.79 Å². The van der Waals surface area contributed by atoms with Crippen molar-refractivity contribution in [1.29, 1.82) is 0 Å². The molecular weight excluding hydrogens is 398 g/mol. The van der Waals surface area contributed by atoms with Crippen molar-refractivity contribution in [2.75, 3.05) is 44.6 Å². The summed E-state index contributed by atoms with van der Waals surface area (Å²) < 4.78 is 1.83. The summed E-state index contributed by atoms with van der Waals surface area (Å²) in [6.45, 7) is 10.5. The second kappa shape index (κ2) is 7.72. The molecule has 4 nitrogen and oxygen atoms in total. The van der Waals surface area contributed by atoms with Crippen molar-refractivity contribution in [3.05, 3.63) is 26.6 Å². The number of hydrogen-bond donors (Lipinski definition) is 3. The first kappa shape index (κ1) is 16.9. The molecular formula is C15H23Br2N3O+2. The lowest BCUT2D eigenvalue weighted by Crippen LogP contribution is -3.28. The zero-order valence-electron chi connectivity index (χ0n) is 12.6. The molecule has 0 spiro atoms. The molecule has 116 valence electrons. The van der Waals surface area contributed by atoms with Crippen LogP contribution < -0.4 is 15.1 Å². The Morgan fingerprint density at radius 1 is 1.14 bits per heavy atom. The summed E-state index contributed by atoms with van der Waals surface area (Å²) in [5, 5.41) is 3.02. The summed E-state index contributed by atoms with van der Waals surface area (Å²) in [4.78, 5) is 15.3. The highest BCUT2D eigenvalue weighted by Gasteiger charge is 2.24. The number of piperazine rings is 1. The predicted octanol–water partition coefficient (Wildman–Crippen LogP) is 0.262. The maximum atomic E-state index is 12.2. The Kier molecular flexibility index (Phi) is 6.22. The maximum Gasteiger partial charge on any atom is 0.279 e. The van der Waals surface area contributed by atoms with Gasteiger partial charge in [0.2, 0.25) is 0 Å². The van der Waals surface area contributed by atoms with Crippen LogP contribution in [0.5, 0.6) is 0 Å². The molecule has 0 aliphatic carbocycles. The van der Waals surface area contributed by atoms with Gasteiger partial charge < -0.3 is 15.1 Å². The van der Waals surface area contributed by atoms with Crippen molar-refractivity contribution in [3.63, 3.8) is 0 Å². The molecule has 1 aliphatic rings. The molecule has 1 saturated heterocycles. The second-order valence-corrected chi connectivity index (χ2v) is 7.39. The number of hydrogen-bond acceptors (Lipinski definition) is 1. The number of carbonyl (C=O) groups is 1. The summed E-state index contributed by atoms with van der Waals surface area (Å²) in [7, 11) is 0. The Labute approximate surface area is 143 Å². The van der Waals surface area contributed by atoms with Gasteiger partial charge in [-0.2, -0.15) is 0 Å². The highest BCUT2D eigenvalue weighted by molar-refractivity contribution is 9.11. The van der Waals surface area contributed by atoms with Crippen LogP contribution in [0.15, 0.2) is 21.1 Å². The molecule has 1 aliphatic heterocycles. The van der Waals surface area contributed by atoms with E-state index in [1.54, 1.807) is 4.90 Å². The molecule has 3 N–H and O–H groups in total. The standard InChI is InChI=1S/C15H21Br2N3O/c1-3-19-4-6-20(7-5-19)10-14(21)18-15-12(16)8-11(2)9-13(15)17/h8-9H,3-7,10H2,1-2H3,(H,18,21)/p+2. The van der Waals surface area contributed by atoms with Crippen molar-refractivity contribution in [2.24, 2.45) is 0 Å². The minimum atomic E-state index is 0.0789. The van der Waals surface area contributed by atoms with E-state index in [4.69, 9.17) is 0 Å². The highest BCUT2D eigenvalue weighted by atomic mass is 79.9. The van der Waals surface area contributed by atoms with Gasteiger partial charge in [-0.1, -0.05) is 0 Å². The van der Waals surface area contributed by atoms with Crippen LogP contribution in [0.4, 0.5) is 5.69 Å². The Morgan fingerprint density at radius 3 is 2.19 bits per heavy atom. The molecule has 1 amide bonds. The summed E-state index contributed by atoms with van der Waals surface area (Å²) >= 11 is 7.03. The Balaban J connectivity index is 1.91. The molecule has 6 heteroatoms. The summed E-state index contributed by atoms with van der Waals surface area (Å²) in [6.07, 6.45) is 0. The number of halogens is 2. The lowest BCUT2D eigenvalue weighted by atomic mass is 10.2. The average molecular weight is 421 g/mol. The number of rotatable bonds is 4. The molecule has 0 radical (unpaired) electrons. The number of quaternary nitrogens is 2. The Hall–Kier alpha value is -0.430. The van der Waals surface area contributed by atoms with Gasteiger partial charge in [-0.25, -0.2) is 0 Å². The maximum absolute atomic E-state index is 12.2. The number of benzene rings is 1. The van der Waals surface area contributed by atoms with Gasteiger partial charge in [0.15, 0.2) is 6.54 Å². The fraction of sp³-hybridized carbons (Fsp3) is 0.533. The Bertz CT molecular complexity index is 491. The molecule has 1 fully saturated rings. The monoisotopic (exact) mass is 419 g/mol. The molecule has 0 saturated carbocycles. The fourth-order valence-electron chi connectivity index (χ4n) is 2.72. The van der Waals surface area contributed by atoms with E-state index in [1.807, 2.05) is 19.1 Å². The minimum absolute atomic E-state index is 0.0789.